The highest BCUT2D eigenvalue weighted by Crippen LogP contribution is 2.14. The molecule has 0 fully saturated rings. The van der Waals surface area contributed by atoms with Gasteiger partial charge in [0.05, 0.1) is 13.6 Å². The summed E-state index contributed by atoms with van der Waals surface area (Å²) in [5, 5.41) is 5.24. The van der Waals surface area contributed by atoms with E-state index in [0.29, 0.717) is 6.54 Å². The van der Waals surface area contributed by atoms with Crippen molar-refractivity contribution in [2.24, 2.45) is 0 Å². The summed E-state index contributed by atoms with van der Waals surface area (Å²) in [6.45, 7) is 1.53. The van der Waals surface area contributed by atoms with Crippen LogP contribution in [0.25, 0.3) is 0 Å². The van der Waals surface area contributed by atoms with Crippen molar-refractivity contribution >= 4 is 11.8 Å². The van der Waals surface area contributed by atoms with E-state index in [0.717, 1.165) is 10.5 Å². The summed E-state index contributed by atoms with van der Waals surface area (Å²) in [6.07, 6.45) is 0. The van der Waals surface area contributed by atoms with E-state index >= 15 is 0 Å². The van der Waals surface area contributed by atoms with Gasteiger partial charge in [0.15, 0.2) is 6.54 Å². The van der Waals surface area contributed by atoms with E-state index in [9.17, 15) is 18.4 Å². The minimum absolute atomic E-state index is 0.0275. The third-order valence-electron chi connectivity index (χ3n) is 3.01. The molecule has 1 aromatic carbocycles. The van der Waals surface area contributed by atoms with Crippen molar-refractivity contribution in [3.8, 4) is 5.75 Å². The lowest BCUT2D eigenvalue weighted by atomic mass is 10.2. The maximum Gasteiger partial charge on any atom is 0.387 e. The number of nitrogens with one attached hydrogen (secondary N) is 3. The zero-order valence-corrected chi connectivity index (χ0v) is 14.1. The molecule has 134 valence electrons. The molecule has 6 nitrogen and oxygen atoms in total. The van der Waals surface area contributed by atoms with Gasteiger partial charge in [-0.1, -0.05) is 0 Å². The molecule has 1 unspecified atom stereocenters. The summed E-state index contributed by atoms with van der Waals surface area (Å²) in [4.78, 5) is 24.1. The maximum atomic E-state index is 12.1. The van der Waals surface area contributed by atoms with Crippen molar-refractivity contribution in [2.75, 3.05) is 20.1 Å². The molecule has 8 heteroatoms. The predicted molar refractivity (Wildman–Crippen MR) is 84.8 cm³/mol. The van der Waals surface area contributed by atoms with Gasteiger partial charge in [-0.3, -0.25) is 9.59 Å². The third-order valence-corrected chi connectivity index (χ3v) is 3.01. The molecule has 1 rings (SSSR count). The molecule has 0 aliphatic carbocycles. The molecule has 1 aromatic rings. The van der Waals surface area contributed by atoms with Crippen molar-refractivity contribution in [1.82, 2.24) is 10.6 Å². The number of rotatable bonds is 9. The van der Waals surface area contributed by atoms with Crippen LogP contribution in [0.1, 0.15) is 19.4 Å². The quantitative estimate of drug-likeness (QED) is 0.588. The van der Waals surface area contributed by atoms with Crippen LogP contribution in [0, 0.1) is 0 Å². The average molecular weight is 344 g/mol. The van der Waals surface area contributed by atoms with E-state index in [1.807, 2.05) is 20.9 Å². The zero-order chi connectivity index (χ0) is 18.1. The fourth-order valence-electron chi connectivity index (χ4n) is 2.09. The Hall–Kier alpha value is -2.22. The van der Waals surface area contributed by atoms with Crippen molar-refractivity contribution in [3.05, 3.63) is 29.8 Å². The molecule has 0 aromatic heterocycles. The van der Waals surface area contributed by atoms with E-state index in [2.05, 4.69) is 15.4 Å². The van der Waals surface area contributed by atoms with Crippen molar-refractivity contribution in [3.63, 3.8) is 0 Å². The molecule has 0 saturated heterocycles. The van der Waals surface area contributed by atoms with Gasteiger partial charge < -0.3 is 20.3 Å². The monoisotopic (exact) mass is 344 g/mol. The van der Waals surface area contributed by atoms with E-state index in [-0.39, 0.29) is 36.7 Å². The number of hydrogen-bond acceptors (Lipinski definition) is 3. The van der Waals surface area contributed by atoms with Gasteiger partial charge in [-0.15, -0.1) is 0 Å². The van der Waals surface area contributed by atoms with Gasteiger partial charge >= 0.3 is 6.61 Å². The lowest BCUT2D eigenvalue weighted by Crippen LogP contribution is -3.08. The highest BCUT2D eigenvalue weighted by atomic mass is 19.3. The Balaban J connectivity index is 2.35. The minimum Gasteiger partial charge on any atom is -0.435 e. The van der Waals surface area contributed by atoms with Crippen LogP contribution < -0.4 is 20.3 Å². The number of benzene rings is 1. The van der Waals surface area contributed by atoms with E-state index in [1.165, 1.54) is 12.1 Å². The summed E-state index contributed by atoms with van der Waals surface area (Å²) in [5.41, 5.74) is 0.888. The second kappa shape index (κ2) is 9.82. The van der Waals surface area contributed by atoms with E-state index in [1.54, 1.807) is 12.1 Å². The normalized spacial score (nSPS) is 12.1. The molecule has 0 aliphatic rings. The molecule has 0 spiro atoms. The summed E-state index contributed by atoms with van der Waals surface area (Å²) in [6, 6.07) is 6.31. The van der Waals surface area contributed by atoms with Crippen molar-refractivity contribution in [2.45, 2.75) is 33.0 Å². The van der Waals surface area contributed by atoms with E-state index < -0.39 is 6.61 Å². The van der Waals surface area contributed by atoms with E-state index in [4.69, 9.17) is 0 Å². The third kappa shape index (κ3) is 8.42. The minimum atomic E-state index is -2.85. The van der Waals surface area contributed by atoms with Crippen molar-refractivity contribution < 1.29 is 28.0 Å². The first kappa shape index (κ1) is 19.8. The smallest absolute Gasteiger partial charge is 0.387 e. The second-order valence-corrected chi connectivity index (χ2v) is 5.83. The number of alkyl halides is 2. The van der Waals surface area contributed by atoms with Crippen LogP contribution in [-0.2, 0) is 16.1 Å². The lowest BCUT2D eigenvalue weighted by Gasteiger charge is -2.14. The lowest BCUT2D eigenvalue weighted by molar-refractivity contribution is -0.885. The Morgan fingerprint density at radius 1 is 1.17 bits per heavy atom. The van der Waals surface area contributed by atoms with Crippen LogP contribution in [0.15, 0.2) is 24.3 Å². The highest BCUT2D eigenvalue weighted by molar-refractivity contribution is 5.85. The molecule has 2 amide bonds. The first-order chi connectivity index (χ1) is 11.3. The molecular formula is C16H24F2N3O3+. The van der Waals surface area contributed by atoms with Crippen molar-refractivity contribution in [1.29, 1.82) is 0 Å². The van der Waals surface area contributed by atoms with Crippen LogP contribution in [0.3, 0.4) is 0 Å². The standard InChI is InChI=1S/C16H23F2N3O3/c1-11(2)20-14(22)8-19-15(23)10-21(3)9-12-4-6-13(7-5-12)24-16(17)18/h4-7,11,16H,8-10H2,1-3H3,(H,19,23)(H,20,22)/p+1. The molecule has 1 atom stereocenters. The number of likely N-dealkylation sites (N-methyl/N-ethyl adjacent to an activating group) is 1. The number of hydrogen-bond donors (Lipinski definition) is 3. The fraction of sp³-hybridized carbons (Fsp3) is 0.500. The van der Waals surface area contributed by atoms with Gasteiger partial charge in [0.25, 0.3) is 5.91 Å². The molecule has 0 radical (unpaired) electrons. The first-order valence-corrected chi connectivity index (χ1v) is 7.67. The molecule has 0 saturated carbocycles. The summed E-state index contributed by atoms with van der Waals surface area (Å²) in [7, 11) is 1.83. The molecule has 0 aliphatic heterocycles. The molecule has 0 bridgehead atoms. The summed E-state index contributed by atoms with van der Waals surface area (Å²) < 4.78 is 28.4. The van der Waals surface area contributed by atoms with Gasteiger partial charge in [-0.05, 0) is 38.1 Å². The summed E-state index contributed by atoms with van der Waals surface area (Å²) in [5.74, 6) is -0.366. The van der Waals surface area contributed by atoms with Gasteiger partial charge in [0.2, 0.25) is 5.91 Å². The predicted octanol–water partition coefficient (Wildman–Crippen LogP) is -0.0565. The van der Waals surface area contributed by atoms with Crippen LogP contribution >= 0.6 is 0 Å². The maximum absolute atomic E-state index is 12.1. The van der Waals surface area contributed by atoms with Gasteiger partial charge in [0.1, 0.15) is 12.3 Å². The van der Waals surface area contributed by atoms with Crippen LogP contribution in [0.4, 0.5) is 8.78 Å². The Bertz CT molecular complexity index is 536. The average Bonchev–Trinajstić information content (AvgIpc) is 2.46. The van der Waals surface area contributed by atoms with Crippen LogP contribution in [0.5, 0.6) is 5.75 Å². The number of quaternary nitrogens is 1. The Kier molecular flexibility index (Phi) is 8.11. The molecular weight excluding hydrogens is 320 g/mol. The van der Waals surface area contributed by atoms with Gasteiger partial charge in [0, 0.05) is 11.6 Å². The SMILES string of the molecule is CC(C)NC(=O)CNC(=O)C[NH+](C)Cc1ccc(OC(F)F)cc1. The number of ether oxygens (including phenoxy) is 1. The number of amides is 2. The first-order valence-electron chi connectivity index (χ1n) is 7.67. The Labute approximate surface area is 140 Å². The zero-order valence-electron chi connectivity index (χ0n) is 14.1. The van der Waals surface area contributed by atoms with Crippen LogP contribution in [-0.4, -0.2) is 44.6 Å². The van der Waals surface area contributed by atoms with Gasteiger partial charge in [-0.25, -0.2) is 0 Å². The van der Waals surface area contributed by atoms with Gasteiger partial charge in [-0.2, -0.15) is 8.78 Å². The second-order valence-electron chi connectivity index (χ2n) is 5.83. The topological polar surface area (TPSA) is 71.9 Å². The highest BCUT2D eigenvalue weighted by Gasteiger charge is 2.12. The summed E-state index contributed by atoms with van der Waals surface area (Å²) >= 11 is 0. The number of carbonyl (C=O) groups is 2. The number of carbonyl (C=O) groups excluding carboxylic acids is 2. The largest absolute Gasteiger partial charge is 0.435 e. The molecule has 24 heavy (non-hydrogen) atoms. The molecule has 3 N–H and O–H groups in total. The Morgan fingerprint density at radius 2 is 1.79 bits per heavy atom. The van der Waals surface area contributed by atoms with Crippen LogP contribution in [0.2, 0.25) is 0 Å². The fourth-order valence-corrected chi connectivity index (χ4v) is 2.09. The number of halogens is 2. The molecule has 0 heterocycles. The Morgan fingerprint density at radius 3 is 2.33 bits per heavy atom.